The van der Waals surface area contributed by atoms with E-state index in [-0.39, 0.29) is 0 Å². The minimum absolute atomic E-state index is 0.412. The Kier molecular flexibility index (Phi) is 7.28. The number of hydrogen-bond donors (Lipinski definition) is 1. The van der Waals surface area contributed by atoms with Crippen LogP contribution in [0.2, 0.25) is 10.0 Å². The Morgan fingerprint density at radius 2 is 2.13 bits per heavy atom. The number of aromatic nitrogens is 2. The van der Waals surface area contributed by atoms with E-state index >= 15 is 0 Å². The largest absolute Gasteiger partial charge is 0.382 e. The summed E-state index contributed by atoms with van der Waals surface area (Å²) in [5.41, 5.74) is -0.348. The zero-order valence-electron chi connectivity index (χ0n) is 13.2. The van der Waals surface area contributed by atoms with Crippen molar-refractivity contribution in [3.05, 3.63) is 52.5 Å². The van der Waals surface area contributed by atoms with E-state index in [1.807, 2.05) is 16.8 Å². The van der Waals surface area contributed by atoms with Crippen LogP contribution in [0.25, 0.3) is 0 Å². The van der Waals surface area contributed by atoms with Gasteiger partial charge in [-0.1, -0.05) is 49.0 Å². The molecular weight excluding hydrogens is 351 g/mol. The predicted octanol–water partition coefficient (Wildman–Crippen LogP) is 5.00. The van der Waals surface area contributed by atoms with E-state index in [4.69, 9.17) is 23.2 Å². The number of benzene rings is 1. The van der Waals surface area contributed by atoms with Gasteiger partial charge in [0.1, 0.15) is 5.60 Å². The summed E-state index contributed by atoms with van der Waals surface area (Å²) in [5.74, 6) is 1.61. The molecule has 2 aromatic rings. The van der Waals surface area contributed by atoms with Gasteiger partial charge in [0.2, 0.25) is 0 Å². The summed E-state index contributed by atoms with van der Waals surface area (Å²) in [6.45, 7) is 2.60. The van der Waals surface area contributed by atoms with Crippen molar-refractivity contribution in [2.75, 3.05) is 11.5 Å². The van der Waals surface area contributed by atoms with E-state index in [0.717, 1.165) is 12.2 Å². The van der Waals surface area contributed by atoms with Gasteiger partial charge in [-0.05, 0) is 24.3 Å². The van der Waals surface area contributed by atoms with Crippen LogP contribution in [0.5, 0.6) is 0 Å². The number of unbranched alkanes of at least 4 members (excludes halogenated alkanes) is 2. The van der Waals surface area contributed by atoms with Crippen LogP contribution >= 0.6 is 35.0 Å². The molecule has 1 aromatic heterocycles. The molecule has 0 aliphatic heterocycles. The fourth-order valence-corrected chi connectivity index (χ4v) is 4.17. The smallest absolute Gasteiger partial charge is 0.118 e. The predicted molar refractivity (Wildman–Crippen MR) is 99.4 cm³/mol. The van der Waals surface area contributed by atoms with Gasteiger partial charge in [-0.2, -0.15) is 11.8 Å². The first-order valence-electron chi connectivity index (χ1n) is 7.76. The molecule has 0 spiro atoms. The van der Waals surface area contributed by atoms with Gasteiger partial charge in [-0.25, -0.2) is 4.98 Å². The van der Waals surface area contributed by atoms with Crippen LogP contribution in [0.1, 0.15) is 31.7 Å². The summed E-state index contributed by atoms with van der Waals surface area (Å²) in [7, 11) is 0. The first-order valence-corrected chi connectivity index (χ1v) is 9.67. The molecule has 0 saturated heterocycles. The van der Waals surface area contributed by atoms with Crippen LogP contribution in [0.4, 0.5) is 0 Å². The molecule has 1 heterocycles. The average molecular weight is 373 g/mol. The molecule has 0 unspecified atom stereocenters. The normalized spacial score (nSPS) is 13.9. The van der Waals surface area contributed by atoms with E-state index in [9.17, 15) is 5.11 Å². The maximum absolute atomic E-state index is 11.3. The van der Waals surface area contributed by atoms with Gasteiger partial charge in [0.15, 0.2) is 0 Å². The topological polar surface area (TPSA) is 38.0 Å². The van der Waals surface area contributed by atoms with Gasteiger partial charge in [0.25, 0.3) is 0 Å². The SMILES string of the molecule is CCCCCSC[C@](O)(Cn1ccnc1)c1ccc(Cl)cc1Cl. The van der Waals surface area contributed by atoms with Crippen molar-refractivity contribution < 1.29 is 5.11 Å². The van der Waals surface area contributed by atoms with Crippen molar-refractivity contribution in [2.45, 2.75) is 38.3 Å². The quantitative estimate of drug-likeness (QED) is 0.629. The van der Waals surface area contributed by atoms with Gasteiger partial charge in [0, 0.05) is 33.8 Å². The number of nitrogens with zero attached hydrogens (tertiary/aromatic N) is 2. The highest BCUT2D eigenvalue weighted by molar-refractivity contribution is 7.99. The zero-order chi connectivity index (χ0) is 16.7. The molecule has 126 valence electrons. The van der Waals surface area contributed by atoms with Crippen LogP contribution in [-0.4, -0.2) is 26.2 Å². The molecule has 1 atom stereocenters. The number of imidazole rings is 1. The molecule has 6 heteroatoms. The Hall–Kier alpha value is -0.680. The van der Waals surface area contributed by atoms with E-state index < -0.39 is 5.60 Å². The highest BCUT2D eigenvalue weighted by Gasteiger charge is 2.32. The van der Waals surface area contributed by atoms with Crippen LogP contribution in [0.15, 0.2) is 36.9 Å². The van der Waals surface area contributed by atoms with E-state index in [0.29, 0.717) is 27.9 Å². The molecule has 0 aliphatic carbocycles. The second-order valence-electron chi connectivity index (χ2n) is 5.65. The zero-order valence-corrected chi connectivity index (χ0v) is 15.5. The molecule has 0 radical (unpaired) electrons. The van der Waals surface area contributed by atoms with Gasteiger partial charge < -0.3 is 9.67 Å². The van der Waals surface area contributed by atoms with Crippen LogP contribution < -0.4 is 0 Å². The van der Waals surface area contributed by atoms with Gasteiger partial charge in [-0.3, -0.25) is 0 Å². The molecule has 1 aromatic carbocycles. The van der Waals surface area contributed by atoms with Gasteiger partial charge in [0.05, 0.1) is 12.9 Å². The van der Waals surface area contributed by atoms with Crippen molar-refractivity contribution in [3.63, 3.8) is 0 Å². The Balaban J connectivity index is 2.16. The Bertz CT molecular complexity index is 607. The van der Waals surface area contributed by atoms with Crippen molar-refractivity contribution in [1.82, 2.24) is 9.55 Å². The number of rotatable bonds is 9. The summed E-state index contributed by atoms with van der Waals surface area (Å²) in [4.78, 5) is 4.05. The lowest BCUT2D eigenvalue weighted by atomic mass is 9.95. The molecule has 0 bridgehead atoms. The molecule has 3 nitrogen and oxygen atoms in total. The van der Waals surface area contributed by atoms with Gasteiger partial charge in [-0.15, -0.1) is 0 Å². The molecule has 0 saturated carbocycles. The third-order valence-electron chi connectivity index (χ3n) is 3.67. The maximum atomic E-state index is 11.3. The summed E-state index contributed by atoms with van der Waals surface area (Å²) < 4.78 is 1.87. The highest BCUT2D eigenvalue weighted by atomic mass is 35.5. The van der Waals surface area contributed by atoms with Crippen molar-refractivity contribution in [2.24, 2.45) is 0 Å². The summed E-state index contributed by atoms with van der Waals surface area (Å²) in [6.07, 6.45) is 8.83. The van der Waals surface area contributed by atoms with Crippen molar-refractivity contribution in [1.29, 1.82) is 0 Å². The molecular formula is C17H22Cl2N2OS. The lowest BCUT2D eigenvalue weighted by molar-refractivity contribution is 0.0435. The van der Waals surface area contributed by atoms with Crippen LogP contribution in [0.3, 0.4) is 0 Å². The third kappa shape index (κ3) is 5.42. The number of thioether (sulfide) groups is 1. The number of aliphatic hydroxyl groups is 1. The standard InChI is InChI=1S/C17H22Cl2N2OS/c1-2-3-4-9-23-12-17(22,11-21-8-7-20-13-21)15-6-5-14(18)10-16(15)19/h5-8,10,13,22H,2-4,9,11-12H2,1H3/t17-/m1/s1. The monoisotopic (exact) mass is 372 g/mol. The fourth-order valence-electron chi connectivity index (χ4n) is 2.45. The first kappa shape index (κ1) is 18.7. The summed E-state index contributed by atoms with van der Waals surface area (Å²) >= 11 is 14.1. The van der Waals surface area contributed by atoms with Crippen LogP contribution in [-0.2, 0) is 12.1 Å². The van der Waals surface area contributed by atoms with E-state index in [1.54, 1.807) is 36.4 Å². The molecule has 1 N–H and O–H groups in total. The molecule has 0 amide bonds. The van der Waals surface area contributed by atoms with E-state index in [1.165, 1.54) is 12.8 Å². The minimum atomic E-state index is -1.06. The first-order chi connectivity index (χ1) is 11.0. The second-order valence-corrected chi connectivity index (χ2v) is 7.60. The third-order valence-corrected chi connectivity index (χ3v) is 5.48. The Labute approximate surface area is 152 Å². The second kappa shape index (κ2) is 8.97. The van der Waals surface area contributed by atoms with Crippen molar-refractivity contribution >= 4 is 35.0 Å². The highest BCUT2D eigenvalue weighted by Crippen LogP contribution is 2.34. The molecule has 2 rings (SSSR count). The average Bonchev–Trinajstić information content (AvgIpc) is 2.99. The minimum Gasteiger partial charge on any atom is -0.382 e. The fraction of sp³-hybridized carbons (Fsp3) is 0.471. The summed E-state index contributed by atoms with van der Waals surface area (Å²) in [5, 5.41) is 12.3. The maximum Gasteiger partial charge on any atom is 0.118 e. The van der Waals surface area contributed by atoms with Gasteiger partial charge >= 0.3 is 0 Å². The van der Waals surface area contributed by atoms with Crippen molar-refractivity contribution in [3.8, 4) is 0 Å². The number of halogens is 2. The number of hydrogen-bond acceptors (Lipinski definition) is 3. The molecule has 0 aliphatic rings. The van der Waals surface area contributed by atoms with Crippen LogP contribution in [0, 0.1) is 0 Å². The Morgan fingerprint density at radius 1 is 1.30 bits per heavy atom. The summed E-state index contributed by atoms with van der Waals surface area (Å²) in [6, 6.07) is 5.26. The lowest BCUT2D eigenvalue weighted by Gasteiger charge is -2.30. The lowest BCUT2D eigenvalue weighted by Crippen LogP contribution is -2.34. The molecule has 0 fully saturated rings. The molecule has 23 heavy (non-hydrogen) atoms. The van der Waals surface area contributed by atoms with E-state index in [2.05, 4.69) is 11.9 Å². The Morgan fingerprint density at radius 3 is 2.78 bits per heavy atom.